The molecule has 0 aromatic rings. The van der Waals surface area contributed by atoms with Crippen molar-refractivity contribution in [2.24, 2.45) is 39.4 Å². The van der Waals surface area contributed by atoms with Crippen LogP contribution in [0, 0.1) is 28.6 Å². The van der Waals surface area contributed by atoms with E-state index < -0.39 is 16.6 Å². The number of rotatable bonds is 6. The summed E-state index contributed by atoms with van der Waals surface area (Å²) < 4.78 is 6.15. The average molecular weight is 436 g/mol. The van der Waals surface area contributed by atoms with Crippen LogP contribution in [0.4, 0.5) is 0 Å². The SMILES string of the molecule is CN(C)/N=C/C1(O)CC[C@@]2(O)[C@@H]3CCC4CC(OCCCN)CC[C@]4(C)[C@@H]3CC[C@]12C. The summed E-state index contributed by atoms with van der Waals surface area (Å²) in [6.07, 6.45) is 11.9. The molecule has 0 bridgehead atoms. The molecule has 0 heterocycles. The van der Waals surface area contributed by atoms with Crippen molar-refractivity contribution in [1.29, 1.82) is 0 Å². The summed E-state index contributed by atoms with van der Waals surface area (Å²) in [6.45, 7) is 6.09. The van der Waals surface area contributed by atoms with Crippen LogP contribution >= 0.6 is 0 Å². The molecular weight excluding hydrogens is 390 g/mol. The van der Waals surface area contributed by atoms with Gasteiger partial charge in [-0.25, -0.2) is 0 Å². The van der Waals surface area contributed by atoms with Crippen molar-refractivity contribution < 1.29 is 14.9 Å². The molecule has 6 nitrogen and oxygen atoms in total. The topological polar surface area (TPSA) is 91.3 Å². The number of hydrazone groups is 1. The molecule has 4 rings (SSSR count). The van der Waals surface area contributed by atoms with Gasteiger partial charge < -0.3 is 25.7 Å². The molecule has 31 heavy (non-hydrogen) atoms. The Morgan fingerprint density at radius 3 is 2.52 bits per heavy atom. The molecule has 0 aliphatic heterocycles. The molecule has 6 heteroatoms. The molecule has 0 radical (unpaired) electrons. The zero-order valence-electron chi connectivity index (χ0n) is 20.1. The van der Waals surface area contributed by atoms with Crippen LogP contribution in [0.25, 0.3) is 0 Å². The van der Waals surface area contributed by atoms with Crippen molar-refractivity contribution in [3.05, 3.63) is 0 Å². The number of ether oxygens (including phenoxy) is 1. The Labute approximate surface area is 188 Å². The van der Waals surface area contributed by atoms with Gasteiger partial charge in [0.2, 0.25) is 0 Å². The van der Waals surface area contributed by atoms with E-state index in [-0.39, 0.29) is 11.3 Å². The van der Waals surface area contributed by atoms with Crippen molar-refractivity contribution >= 4 is 6.21 Å². The predicted octanol–water partition coefficient (Wildman–Crippen LogP) is 3.16. The van der Waals surface area contributed by atoms with Gasteiger partial charge in [0.1, 0.15) is 5.60 Å². The normalized spacial score (nSPS) is 49.5. The molecule has 4 fully saturated rings. The van der Waals surface area contributed by atoms with Gasteiger partial charge in [-0.15, -0.1) is 0 Å². The minimum Gasteiger partial charge on any atom is -0.389 e. The van der Waals surface area contributed by atoms with Crippen molar-refractivity contribution in [1.82, 2.24) is 5.01 Å². The van der Waals surface area contributed by atoms with Crippen molar-refractivity contribution in [2.75, 3.05) is 27.2 Å². The molecule has 178 valence electrons. The van der Waals surface area contributed by atoms with E-state index >= 15 is 0 Å². The van der Waals surface area contributed by atoms with E-state index in [2.05, 4.69) is 18.9 Å². The Bertz CT molecular complexity index is 687. The first-order valence-corrected chi connectivity index (χ1v) is 12.6. The molecule has 4 aliphatic rings. The highest BCUT2D eigenvalue weighted by atomic mass is 16.5. The van der Waals surface area contributed by atoms with Gasteiger partial charge >= 0.3 is 0 Å². The lowest BCUT2D eigenvalue weighted by Gasteiger charge is -2.64. The van der Waals surface area contributed by atoms with E-state index in [1.54, 1.807) is 11.2 Å². The lowest BCUT2D eigenvalue weighted by atomic mass is 9.43. The molecule has 0 aromatic carbocycles. The number of nitrogens with two attached hydrogens (primary N) is 1. The summed E-state index contributed by atoms with van der Waals surface area (Å²) in [6, 6.07) is 0. The van der Waals surface area contributed by atoms with Gasteiger partial charge in [-0.1, -0.05) is 13.8 Å². The maximum atomic E-state index is 12.2. The summed E-state index contributed by atoms with van der Waals surface area (Å²) in [4.78, 5) is 0. The third-order valence-corrected chi connectivity index (χ3v) is 10.2. The van der Waals surface area contributed by atoms with Crippen LogP contribution in [0.1, 0.15) is 78.1 Å². The van der Waals surface area contributed by atoms with Crippen LogP contribution in [-0.2, 0) is 4.74 Å². The zero-order valence-corrected chi connectivity index (χ0v) is 20.1. The second kappa shape index (κ2) is 8.27. The van der Waals surface area contributed by atoms with E-state index in [0.717, 1.165) is 51.6 Å². The molecule has 4 saturated carbocycles. The Balaban J connectivity index is 1.53. The third-order valence-electron chi connectivity index (χ3n) is 10.2. The van der Waals surface area contributed by atoms with E-state index in [9.17, 15) is 10.2 Å². The fourth-order valence-electron chi connectivity index (χ4n) is 8.14. The Morgan fingerprint density at radius 2 is 1.81 bits per heavy atom. The van der Waals surface area contributed by atoms with Gasteiger partial charge in [-0.2, -0.15) is 5.10 Å². The van der Waals surface area contributed by atoms with E-state index in [4.69, 9.17) is 10.5 Å². The minimum absolute atomic E-state index is 0.268. The van der Waals surface area contributed by atoms with Gasteiger partial charge in [0.05, 0.1) is 17.9 Å². The number of aliphatic hydroxyl groups is 2. The molecule has 0 spiro atoms. The molecule has 4 N–H and O–H groups in total. The molecular formula is C25H45N3O3. The first-order chi connectivity index (χ1) is 14.6. The third kappa shape index (κ3) is 3.56. The lowest BCUT2D eigenvalue weighted by Crippen LogP contribution is -2.65. The van der Waals surface area contributed by atoms with Crippen molar-refractivity contribution in [3.8, 4) is 0 Å². The lowest BCUT2D eigenvalue weighted by molar-refractivity contribution is -0.225. The first kappa shape index (κ1) is 23.5. The average Bonchev–Trinajstić information content (AvgIpc) is 2.94. The summed E-state index contributed by atoms with van der Waals surface area (Å²) in [5.41, 5.74) is 3.51. The van der Waals surface area contributed by atoms with Gasteiger partial charge in [-0.3, -0.25) is 0 Å². The van der Waals surface area contributed by atoms with Crippen LogP contribution in [0.3, 0.4) is 0 Å². The van der Waals surface area contributed by atoms with E-state index in [1.807, 2.05) is 14.1 Å². The van der Waals surface area contributed by atoms with Crippen LogP contribution in [0.5, 0.6) is 0 Å². The molecule has 0 aromatic heterocycles. The Morgan fingerprint density at radius 1 is 1.03 bits per heavy atom. The first-order valence-electron chi connectivity index (χ1n) is 12.6. The fourth-order valence-corrected chi connectivity index (χ4v) is 8.14. The van der Waals surface area contributed by atoms with Crippen molar-refractivity contribution in [3.63, 3.8) is 0 Å². The maximum absolute atomic E-state index is 12.2. The van der Waals surface area contributed by atoms with Gasteiger partial charge in [0, 0.05) is 26.1 Å². The molecule has 3 unspecified atom stereocenters. The second-order valence-corrected chi connectivity index (χ2v) is 11.7. The maximum Gasteiger partial charge on any atom is 0.110 e. The summed E-state index contributed by atoms with van der Waals surface area (Å²) in [5, 5.41) is 29.9. The highest BCUT2D eigenvalue weighted by Crippen LogP contribution is 2.69. The second-order valence-electron chi connectivity index (χ2n) is 11.7. The summed E-state index contributed by atoms with van der Waals surface area (Å²) in [7, 11) is 3.75. The zero-order chi connectivity index (χ0) is 22.5. The van der Waals surface area contributed by atoms with Crippen LogP contribution in [-0.4, -0.2) is 66.0 Å². The van der Waals surface area contributed by atoms with E-state index in [0.29, 0.717) is 37.3 Å². The van der Waals surface area contributed by atoms with Crippen LogP contribution in [0.15, 0.2) is 5.10 Å². The Kier molecular flexibility index (Phi) is 6.26. The monoisotopic (exact) mass is 435 g/mol. The molecule has 0 amide bonds. The van der Waals surface area contributed by atoms with E-state index in [1.165, 1.54) is 6.42 Å². The molecule has 4 aliphatic carbocycles. The van der Waals surface area contributed by atoms with Crippen LogP contribution < -0.4 is 5.73 Å². The highest BCUT2D eigenvalue weighted by Gasteiger charge is 2.71. The minimum atomic E-state index is -1.04. The van der Waals surface area contributed by atoms with Gasteiger partial charge in [0.25, 0.3) is 0 Å². The number of hydrogen-bond acceptors (Lipinski definition) is 6. The number of hydrogen-bond donors (Lipinski definition) is 3. The number of fused-ring (bicyclic) bond motifs is 5. The van der Waals surface area contributed by atoms with Gasteiger partial charge in [-0.05, 0) is 93.9 Å². The fraction of sp³-hybridized carbons (Fsp3) is 0.960. The predicted molar refractivity (Wildman–Crippen MR) is 124 cm³/mol. The summed E-state index contributed by atoms with van der Waals surface area (Å²) in [5.74, 6) is 1.47. The molecule has 8 atom stereocenters. The largest absolute Gasteiger partial charge is 0.389 e. The van der Waals surface area contributed by atoms with Gasteiger partial charge in [0.15, 0.2) is 0 Å². The van der Waals surface area contributed by atoms with Crippen molar-refractivity contribution in [2.45, 2.75) is 95.4 Å². The number of nitrogens with zero attached hydrogens (tertiary/aromatic N) is 2. The quantitative estimate of drug-likeness (QED) is 0.339. The Hall–Kier alpha value is -0.690. The highest BCUT2D eigenvalue weighted by molar-refractivity contribution is 5.71. The smallest absolute Gasteiger partial charge is 0.110 e. The standard InChI is InChI=1S/C25H45N3O3/c1-22-10-8-19(31-15-5-14-26)16-18(22)6-7-21-20(22)9-11-23(2)24(29,17-27-28(3)4)12-13-25(21,23)30/h17-21,29-30H,5-16,26H2,1-4H3/b27-17+/t18?,19?,20-,21-,22+,23-,24?,25-/m1/s1. The summed E-state index contributed by atoms with van der Waals surface area (Å²) >= 11 is 0. The molecule has 0 saturated heterocycles. The van der Waals surface area contributed by atoms with Crippen LogP contribution in [0.2, 0.25) is 0 Å².